The van der Waals surface area contributed by atoms with Crippen LogP contribution in [0.3, 0.4) is 0 Å². The maximum atomic E-state index is 12.4. The molecule has 0 unspecified atom stereocenters. The summed E-state index contributed by atoms with van der Waals surface area (Å²) in [5, 5.41) is 12.2. The summed E-state index contributed by atoms with van der Waals surface area (Å²) in [6, 6.07) is 6.37. The number of nitrogens with zero attached hydrogens (tertiary/aromatic N) is 1. The molecule has 0 aliphatic carbocycles. The van der Waals surface area contributed by atoms with E-state index < -0.39 is 0 Å². The van der Waals surface area contributed by atoms with Crippen LogP contribution in [0.15, 0.2) is 24.3 Å². The number of phenols is 1. The minimum absolute atomic E-state index is 0.0170. The van der Waals surface area contributed by atoms with Gasteiger partial charge in [-0.05, 0) is 43.5 Å². The molecule has 1 aliphatic heterocycles. The van der Waals surface area contributed by atoms with E-state index in [2.05, 4.69) is 12.2 Å². The molecule has 5 heteroatoms. The van der Waals surface area contributed by atoms with E-state index in [0.29, 0.717) is 31.5 Å². The van der Waals surface area contributed by atoms with Crippen molar-refractivity contribution in [3.05, 3.63) is 29.8 Å². The molecule has 1 fully saturated rings. The third-order valence-electron chi connectivity index (χ3n) is 4.36. The first kappa shape index (κ1) is 17.3. The lowest BCUT2D eigenvalue weighted by Gasteiger charge is -2.31. The number of Topliss-reactive ketones (excluding diaryl/α,β-unsaturated/α-hetero) is 1. The van der Waals surface area contributed by atoms with Gasteiger partial charge in [-0.3, -0.25) is 4.79 Å². The highest BCUT2D eigenvalue weighted by Crippen LogP contribution is 2.22. The second-order valence-electron chi connectivity index (χ2n) is 6.11. The molecule has 1 aromatic rings. The quantitative estimate of drug-likeness (QED) is 0.625. The molecular formula is C18H26N2O3. The van der Waals surface area contributed by atoms with Crippen molar-refractivity contribution >= 4 is 11.8 Å². The monoisotopic (exact) mass is 318 g/mol. The van der Waals surface area contributed by atoms with Crippen molar-refractivity contribution in [2.75, 3.05) is 19.6 Å². The fourth-order valence-electron chi connectivity index (χ4n) is 2.89. The third-order valence-corrected chi connectivity index (χ3v) is 4.36. The first-order chi connectivity index (χ1) is 11.1. The molecule has 2 N–H and O–H groups in total. The summed E-state index contributed by atoms with van der Waals surface area (Å²) >= 11 is 0. The normalized spacial score (nSPS) is 15.4. The number of piperidine rings is 1. The van der Waals surface area contributed by atoms with Gasteiger partial charge >= 0.3 is 6.03 Å². The zero-order valence-electron chi connectivity index (χ0n) is 13.8. The van der Waals surface area contributed by atoms with Gasteiger partial charge in [-0.2, -0.15) is 0 Å². The molecule has 0 saturated carbocycles. The van der Waals surface area contributed by atoms with E-state index in [4.69, 9.17) is 0 Å². The SMILES string of the molecule is CCCCCNC(=O)N1CCC(C(=O)c2ccc(O)cc2)CC1. The number of hydrogen-bond acceptors (Lipinski definition) is 3. The molecule has 5 nitrogen and oxygen atoms in total. The van der Waals surface area contributed by atoms with Crippen molar-refractivity contribution in [2.45, 2.75) is 39.0 Å². The van der Waals surface area contributed by atoms with Gasteiger partial charge in [0.2, 0.25) is 0 Å². The molecule has 1 aliphatic rings. The van der Waals surface area contributed by atoms with Crippen LogP contribution in [0.2, 0.25) is 0 Å². The number of benzene rings is 1. The van der Waals surface area contributed by atoms with E-state index in [0.717, 1.165) is 25.8 Å². The number of nitrogens with one attached hydrogen (secondary N) is 1. The molecule has 2 rings (SSSR count). The molecule has 0 aromatic heterocycles. The lowest BCUT2D eigenvalue weighted by Crippen LogP contribution is -2.45. The maximum absolute atomic E-state index is 12.4. The average Bonchev–Trinajstić information content (AvgIpc) is 2.59. The van der Waals surface area contributed by atoms with Crippen LogP contribution in [0, 0.1) is 5.92 Å². The average molecular weight is 318 g/mol. The van der Waals surface area contributed by atoms with E-state index in [-0.39, 0.29) is 23.5 Å². The van der Waals surface area contributed by atoms with Gasteiger partial charge in [0, 0.05) is 31.1 Å². The molecule has 0 spiro atoms. The topological polar surface area (TPSA) is 69.6 Å². The predicted molar refractivity (Wildman–Crippen MR) is 89.7 cm³/mol. The number of likely N-dealkylation sites (tertiary alicyclic amines) is 1. The van der Waals surface area contributed by atoms with Crippen molar-refractivity contribution in [1.29, 1.82) is 0 Å². The molecule has 1 aromatic carbocycles. The predicted octanol–water partition coefficient (Wildman–Crippen LogP) is 3.19. The van der Waals surface area contributed by atoms with Crippen LogP contribution >= 0.6 is 0 Å². The van der Waals surface area contributed by atoms with Crippen LogP contribution in [-0.2, 0) is 0 Å². The lowest BCUT2D eigenvalue weighted by atomic mass is 9.89. The fraction of sp³-hybridized carbons (Fsp3) is 0.556. The summed E-state index contributed by atoms with van der Waals surface area (Å²) in [6.45, 7) is 4.10. The van der Waals surface area contributed by atoms with Crippen LogP contribution in [0.1, 0.15) is 49.4 Å². The number of phenolic OH excluding ortho intramolecular Hbond substituents is 1. The van der Waals surface area contributed by atoms with Crippen LogP contribution in [-0.4, -0.2) is 41.5 Å². The largest absolute Gasteiger partial charge is 0.508 e. The minimum Gasteiger partial charge on any atom is -0.508 e. The van der Waals surface area contributed by atoms with Crippen molar-refractivity contribution in [2.24, 2.45) is 5.92 Å². The second kappa shape index (κ2) is 8.56. The first-order valence-corrected chi connectivity index (χ1v) is 8.48. The molecule has 1 saturated heterocycles. The Bertz CT molecular complexity index is 520. The van der Waals surface area contributed by atoms with Gasteiger partial charge in [0.05, 0.1) is 0 Å². The molecule has 0 bridgehead atoms. The molecule has 23 heavy (non-hydrogen) atoms. The Morgan fingerprint density at radius 3 is 2.43 bits per heavy atom. The highest BCUT2D eigenvalue weighted by molar-refractivity contribution is 5.98. The number of ketones is 1. The van der Waals surface area contributed by atoms with Crippen LogP contribution in [0.25, 0.3) is 0 Å². The maximum Gasteiger partial charge on any atom is 0.317 e. The Morgan fingerprint density at radius 2 is 1.83 bits per heavy atom. The fourth-order valence-corrected chi connectivity index (χ4v) is 2.89. The van der Waals surface area contributed by atoms with E-state index >= 15 is 0 Å². The number of urea groups is 1. The second-order valence-corrected chi connectivity index (χ2v) is 6.11. The summed E-state index contributed by atoms with van der Waals surface area (Å²) in [5.74, 6) is 0.229. The Hall–Kier alpha value is -2.04. The molecule has 126 valence electrons. The zero-order chi connectivity index (χ0) is 16.7. The Balaban J connectivity index is 1.78. The first-order valence-electron chi connectivity index (χ1n) is 8.48. The van der Waals surface area contributed by atoms with Gasteiger partial charge in [0.15, 0.2) is 5.78 Å². The summed E-state index contributed by atoms with van der Waals surface area (Å²) in [5.41, 5.74) is 0.630. The summed E-state index contributed by atoms with van der Waals surface area (Å²) < 4.78 is 0. The molecule has 0 atom stereocenters. The van der Waals surface area contributed by atoms with Crippen LogP contribution in [0.5, 0.6) is 5.75 Å². The van der Waals surface area contributed by atoms with Crippen molar-refractivity contribution in [3.63, 3.8) is 0 Å². The Kier molecular flexibility index (Phi) is 6.44. The number of aromatic hydroxyl groups is 1. The van der Waals surface area contributed by atoms with E-state index in [1.807, 2.05) is 0 Å². The van der Waals surface area contributed by atoms with Crippen LogP contribution < -0.4 is 5.32 Å². The van der Waals surface area contributed by atoms with Gasteiger partial charge in [-0.15, -0.1) is 0 Å². The highest BCUT2D eigenvalue weighted by atomic mass is 16.3. The number of unbranched alkanes of at least 4 members (excludes halogenated alkanes) is 2. The molecular weight excluding hydrogens is 292 g/mol. The van der Waals surface area contributed by atoms with Crippen LogP contribution in [0.4, 0.5) is 4.79 Å². The molecule has 0 radical (unpaired) electrons. The zero-order valence-corrected chi connectivity index (χ0v) is 13.8. The Morgan fingerprint density at radius 1 is 1.17 bits per heavy atom. The highest BCUT2D eigenvalue weighted by Gasteiger charge is 2.27. The minimum atomic E-state index is -0.0383. The van der Waals surface area contributed by atoms with E-state index in [1.54, 1.807) is 17.0 Å². The van der Waals surface area contributed by atoms with Crippen molar-refractivity contribution in [1.82, 2.24) is 10.2 Å². The van der Waals surface area contributed by atoms with Gasteiger partial charge in [0.25, 0.3) is 0 Å². The number of hydrogen-bond donors (Lipinski definition) is 2. The summed E-state index contributed by atoms with van der Waals surface area (Å²) in [4.78, 5) is 26.3. The summed E-state index contributed by atoms with van der Waals surface area (Å²) in [7, 11) is 0. The Labute approximate surface area is 137 Å². The lowest BCUT2D eigenvalue weighted by molar-refractivity contribution is 0.0854. The van der Waals surface area contributed by atoms with E-state index in [9.17, 15) is 14.7 Å². The van der Waals surface area contributed by atoms with Gasteiger partial charge in [-0.25, -0.2) is 4.79 Å². The van der Waals surface area contributed by atoms with Gasteiger partial charge in [0.1, 0.15) is 5.75 Å². The standard InChI is InChI=1S/C18H26N2O3/c1-2-3-4-11-19-18(23)20-12-9-15(10-13-20)17(22)14-5-7-16(21)8-6-14/h5-8,15,21H,2-4,9-13H2,1H3,(H,19,23). The number of carbonyl (C=O) groups is 2. The molecule has 2 amide bonds. The van der Waals surface area contributed by atoms with E-state index in [1.165, 1.54) is 12.1 Å². The number of rotatable bonds is 6. The van der Waals surface area contributed by atoms with Crippen molar-refractivity contribution in [3.8, 4) is 5.75 Å². The van der Waals surface area contributed by atoms with Gasteiger partial charge < -0.3 is 15.3 Å². The number of amides is 2. The third kappa shape index (κ3) is 4.98. The molecule has 1 heterocycles. The van der Waals surface area contributed by atoms with Crippen molar-refractivity contribution < 1.29 is 14.7 Å². The van der Waals surface area contributed by atoms with Gasteiger partial charge in [-0.1, -0.05) is 19.8 Å². The number of carbonyl (C=O) groups excluding carboxylic acids is 2. The summed E-state index contributed by atoms with van der Waals surface area (Å²) in [6.07, 6.45) is 4.67. The smallest absolute Gasteiger partial charge is 0.317 e.